The first-order valence-electron chi connectivity index (χ1n) is 7.90. The van der Waals surface area contributed by atoms with Crippen LogP contribution in [0.4, 0.5) is 5.13 Å². The first kappa shape index (κ1) is 17.2. The molecule has 3 aromatic heterocycles. The molecule has 0 saturated carbocycles. The minimum Gasteiger partial charge on any atom is -0.356 e. The summed E-state index contributed by atoms with van der Waals surface area (Å²) < 4.78 is 2.49. The van der Waals surface area contributed by atoms with Crippen molar-refractivity contribution < 1.29 is 0 Å². The molecule has 0 fully saturated rings. The predicted octanol–water partition coefficient (Wildman–Crippen LogP) is 3.82. The maximum atomic E-state index is 12.2. The van der Waals surface area contributed by atoms with Crippen LogP contribution in [0.1, 0.15) is 17.0 Å². The smallest absolute Gasteiger partial charge is 0.258 e. The van der Waals surface area contributed by atoms with Crippen molar-refractivity contribution >= 4 is 44.5 Å². The highest BCUT2D eigenvalue weighted by atomic mass is 32.2. The monoisotopic (exact) mass is 401 g/mol. The Labute approximate surface area is 162 Å². The average Bonchev–Trinajstić information content (AvgIpc) is 3.26. The minimum atomic E-state index is -0.0353. The van der Waals surface area contributed by atoms with Crippen molar-refractivity contribution in [3.05, 3.63) is 69.1 Å². The zero-order chi connectivity index (χ0) is 17.9. The molecule has 9 heteroatoms. The Balaban J connectivity index is 1.39. The van der Waals surface area contributed by atoms with Gasteiger partial charge in [-0.15, -0.1) is 21.5 Å². The highest BCUT2D eigenvalue weighted by Crippen LogP contribution is 2.28. The van der Waals surface area contributed by atoms with E-state index in [0.29, 0.717) is 12.3 Å². The van der Waals surface area contributed by atoms with Gasteiger partial charge in [-0.3, -0.25) is 9.20 Å². The third-order valence-electron chi connectivity index (χ3n) is 3.67. The maximum Gasteiger partial charge on any atom is 0.258 e. The minimum absolute atomic E-state index is 0.0353. The molecule has 3 heterocycles. The van der Waals surface area contributed by atoms with E-state index < -0.39 is 0 Å². The van der Waals surface area contributed by atoms with Crippen molar-refractivity contribution in [2.75, 3.05) is 5.32 Å². The Bertz CT molecular complexity index is 1090. The molecule has 0 radical (unpaired) electrons. The van der Waals surface area contributed by atoms with Gasteiger partial charge in [0, 0.05) is 29.4 Å². The number of nitrogens with one attached hydrogen (secondary N) is 1. The summed E-state index contributed by atoms with van der Waals surface area (Å²) >= 11 is 4.52. The van der Waals surface area contributed by atoms with Crippen LogP contribution < -0.4 is 10.9 Å². The van der Waals surface area contributed by atoms with Crippen LogP contribution in [0.5, 0.6) is 0 Å². The van der Waals surface area contributed by atoms with Crippen molar-refractivity contribution in [2.45, 2.75) is 23.6 Å². The molecule has 132 valence electrons. The molecule has 0 aliphatic heterocycles. The van der Waals surface area contributed by atoms with Crippen molar-refractivity contribution in [2.24, 2.45) is 0 Å². The number of hydrogen-bond acceptors (Lipinski definition) is 8. The van der Waals surface area contributed by atoms with Crippen molar-refractivity contribution in [1.82, 2.24) is 19.6 Å². The summed E-state index contributed by atoms with van der Waals surface area (Å²) in [5.74, 6) is 0.593. The number of hydrogen-bond donors (Lipinski definition) is 1. The van der Waals surface area contributed by atoms with Gasteiger partial charge in [0.2, 0.25) is 5.13 Å². The molecule has 4 aromatic rings. The summed E-state index contributed by atoms with van der Waals surface area (Å²) in [5, 5.41) is 14.4. The molecule has 4 rings (SSSR count). The van der Waals surface area contributed by atoms with E-state index in [4.69, 9.17) is 0 Å². The van der Waals surface area contributed by atoms with Gasteiger partial charge < -0.3 is 5.32 Å². The molecule has 0 saturated heterocycles. The third-order valence-corrected chi connectivity index (χ3v) is 6.66. The second-order valence-corrected chi connectivity index (χ2v) is 8.62. The Hall–Kier alpha value is -2.23. The lowest BCUT2D eigenvalue weighted by Crippen LogP contribution is -2.14. The molecule has 0 atom stereocenters. The Morgan fingerprint density at radius 2 is 2.08 bits per heavy atom. The van der Waals surface area contributed by atoms with E-state index in [1.165, 1.54) is 40.0 Å². The van der Waals surface area contributed by atoms with Crippen LogP contribution in [-0.2, 0) is 12.3 Å². The number of thiazole rings is 1. The van der Waals surface area contributed by atoms with Crippen LogP contribution in [-0.4, -0.2) is 19.6 Å². The van der Waals surface area contributed by atoms with E-state index in [2.05, 4.69) is 32.6 Å². The van der Waals surface area contributed by atoms with Crippen molar-refractivity contribution in [3.63, 3.8) is 0 Å². The van der Waals surface area contributed by atoms with E-state index in [0.717, 1.165) is 25.8 Å². The van der Waals surface area contributed by atoms with Crippen molar-refractivity contribution in [1.29, 1.82) is 0 Å². The van der Waals surface area contributed by atoms with Crippen LogP contribution in [0.2, 0.25) is 0 Å². The molecule has 0 amide bonds. The van der Waals surface area contributed by atoms with Gasteiger partial charge in [0.1, 0.15) is 0 Å². The van der Waals surface area contributed by atoms with Gasteiger partial charge >= 0.3 is 0 Å². The number of nitrogens with zero attached hydrogens (tertiary/aromatic N) is 4. The highest BCUT2D eigenvalue weighted by molar-refractivity contribution is 8.00. The van der Waals surface area contributed by atoms with Crippen LogP contribution in [0.25, 0.3) is 4.96 Å². The summed E-state index contributed by atoms with van der Waals surface area (Å²) in [6, 6.07) is 11.7. The lowest BCUT2D eigenvalue weighted by atomic mass is 10.2. The maximum absolute atomic E-state index is 12.2. The van der Waals surface area contributed by atoms with Crippen LogP contribution >= 0.6 is 34.4 Å². The average molecular weight is 402 g/mol. The second kappa shape index (κ2) is 7.56. The first-order chi connectivity index (χ1) is 12.7. The quantitative estimate of drug-likeness (QED) is 0.495. The number of fused-ring (bicyclic) bond motifs is 1. The molecule has 0 aliphatic rings. The number of thioether (sulfide) groups is 1. The molecular formula is C17H15N5OS3. The van der Waals surface area contributed by atoms with Crippen LogP contribution in [0, 0.1) is 6.92 Å². The predicted molar refractivity (Wildman–Crippen MR) is 107 cm³/mol. The summed E-state index contributed by atoms with van der Waals surface area (Å²) in [6.07, 6.45) is 0. The van der Waals surface area contributed by atoms with Gasteiger partial charge in [-0.2, -0.15) is 0 Å². The van der Waals surface area contributed by atoms with E-state index in [1.807, 2.05) is 30.5 Å². The summed E-state index contributed by atoms with van der Waals surface area (Å²) in [6.45, 7) is 2.62. The molecule has 0 unspecified atom stereocenters. The van der Waals surface area contributed by atoms with Crippen molar-refractivity contribution in [3.8, 4) is 0 Å². The third kappa shape index (κ3) is 3.79. The van der Waals surface area contributed by atoms with Gasteiger partial charge in [-0.05, 0) is 12.5 Å². The molecule has 0 aliphatic carbocycles. The zero-order valence-corrected chi connectivity index (χ0v) is 16.3. The summed E-state index contributed by atoms with van der Waals surface area (Å²) in [5.41, 5.74) is 2.84. The van der Waals surface area contributed by atoms with Gasteiger partial charge in [0.15, 0.2) is 9.30 Å². The van der Waals surface area contributed by atoms with E-state index >= 15 is 0 Å². The summed E-state index contributed by atoms with van der Waals surface area (Å²) in [4.78, 5) is 17.5. The number of benzene rings is 1. The fraction of sp³-hybridized carbons (Fsp3) is 0.176. The number of rotatable bonds is 6. The first-order valence-corrected chi connectivity index (χ1v) is 10.6. The van der Waals surface area contributed by atoms with E-state index in [-0.39, 0.29) is 5.56 Å². The van der Waals surface area contributed by atoms with Gasteiger partial charge in [0.25, 0.3) is 5.56 Å². The number of aromatic nitrogens is 4. The molecule has 1 aromatic carbocycles. The van der Waals surface area contributed by atoms with Crippen LogP contribution in [0.3, 0.4) is 0 Å². The molecule has 26 heavy (non-hydrogen) atoms. The van der Waals surface area contributed by atoms with Crippen LogP contribution in [0.15, 0.2) is 50.9 Å². The van der Waals surface area contributed by atoms with E-state index in [1.54, 1.807) is 10.5 Å². The Morgan fingerprint density at radius 1 is 1.23 bits per heavy atom. The molecule has 0 spiro atoms. The SMILES string of the molecule is Cc1csc2nc(CSc3nnc(NCc4ccccc4)s3)cc(=O)n12. The van der Waals surface area contributed by atoms with Gasteiger partial charge in [0.05, 0.1) is 5.69 Å². The highest BCUT2D eigenvalue weighted by Gasteiger charge is 2.09. The lowest BCUT2D eigenvalue weighted by Gasteiger charge is -2.01. The molecular weight excluding hydrogens is 386 g/mol. The molecule has 0 bridgehead atoms. The van der Waals surface area contributed by atoms with E-state index in [9.17, 15) is 4.79 Å². The molecule has 6 nitrogen and oxygen atoms in total. The van der Waals surface area contributed by atoms with Gasteiger partial charge in [-0.25, -0.2) is 4.98 Å². The number of anilines is 1. The van der Waals surface area contributed by atoms with Gasteiger partial charge in [-0.1, -0.05) is 53.4 Å². The standard InChI is InChI=1S/C17H15N5OS3/c1-11-9-24-16-19-13(7-14(23)22(11)16)10-25-17-21-20-15(26-17)18-8-12-5-3-2-4-6-12/h2-7,9H,8,10H2,1H3,(H,18,20). The normalized spacial score (nSPS) is 11.1. The zero-order valence-electron chi connectivity index (χ0n) is 13.9. The fourth-order valence-electron chi connectivity index (χ4n) is 2.42. The second-order valence-electron chi connectivity index (χ2n) is 5.58. The topological polar surface area (TPSA) is 72.2 Å². The molecule has 1 N–H and O–H groups in total. The number of aryl methyl sites for hydroxylation is 1. The summed E-state index contributed by atoms with van der Waals surface area (Å²) in [7, 11) is 0. The Kier molecular flexibility index (Phi) is 5.00. The Morgan fingerprint density at radius 3 is 2.92 bits per heavy atom. The lowest BCUT2D eigenvalue weighted by molar-refractivity contribution is 0.987. The fourth-order valence-corrected chi connectivity index (χ4v) is 4.95. The largest absolute Gasteiger partial charge is 0.356 e.